The molecule has 0 aliphatic carbocycles. The van der Waals surface area contributed by atoms with Crippen LogP contribution < -0.4 is 0 Å². The van der Waals surface area contributed by atoms with Crippen LogP contribution in [-0.2, 0) is 4.79 Å². The van der Waals surface area contributed by atoms with Gasteiger partial charge >= 0.3 is 0 Å². The molecule has 1 fully saturated rings. The van der Waals surface area contributed by atoms with Crippen molar-refractivity contribution in [2.24, 2.45) is 5.92 Å². The van der Waals surface area contributed by atoms with E-state index >= 15 is 0 Å². The normalized spacial score (nSPS) is 15.5. The molecule has 1 saturated heterocycles. The van der Waals surface area contributed by atoms with Crippen LogP contribution in [0.5, 0.6) is 0 Å². The minimum absolute atomic E-state index is 0.0290. The van der Waals surface area contributed by atoms with E-state index < -0.39 is 0 Å². The Labute approximate surface area is 146 Å². The molecule has 0 radical (unpaired) electrons. The summed E-state index contributed by atoms with van der Waals surface area (Å²) in [5.74, 6) is -0.300. The average molecular weight is 337 g/mol. The van der Waals surface area contributed by atoms with E-state index in [0.29, 0.717) is 31.5 Å². The van der Waals surface area contributed by atoms with Gasteiger partial charge in [0.15, 0.2) is 5.78 Å². The van der Waals surface area contributed by atoms with E-state index in [1.54, 1.807) is 23.1 Å². The number of likely N-dealkylation sites (tertiary alicyclic amines) is 1. The van der Waals surface area contributed by atoms with Crippen LogP contribution in [0.4, 0.5) is 4.39 Å². The van der Waals surface area contributed by atoms with Crippen molar-refractivity contribution < 1.29 is 14.0 Å². The zero-order valence-corrected chi connectivity index (χ0v) is 13.9. The highest BCUT2D eigenvalue weighted by Crippen LogP contribution is 2.22. The molecule has 2 aromatic rings. The van der Waals surface area contributed by atoms with Gasteiger partial charge in [0.2, 0.25) is 5.91 Å². The van der Waals surface area contributed by atoms with Gasteiger partial charge in [0.25, 0.3) is 0 Å². The number of piperidine rings is 1. The summed E-state index contributed by atoms with van der Waals surface area (Å²) in [6, 6.07) is 15.4. The summed E-state index contributed by atoms with van der Waals surface area (Å²) in [7, 11) is 0. The highest BCUT2D eigenvalue weighted by atomic mass is 19.1. The third-order valence-electron chi connectivity index (χ3n) is 4.50. The molecule has 3 rings (SSSR count). The molecule has 1 aliphatic heterocycles. The summed E-state index contributed by atoms with van der Waals surface area (Å²) in [5.41, 5.74) is 1.39. The molecule has 2 aromatic carbocycles. The summed E-state index contributed by atoms with van der Waals surface area (Å²) in [6.07, 6.45) is 4.43. The monoisotopic (exact) mass is 337 g/mol. The molecule has 0 unspecified atom stereocenters. The number of nitrogens with zero attached hydrogens (tertiary/aromatic N) is 1. The molecule has 1 amide bonds. The van der Waals surface area contributed by atoms with Crippen molar-refractivity contribution in [3.05, 3.63) is 77.6 Å². The summed E-state index contributed by atoms with van der Waals surface area (Å²) in [4.78, 5) is 26.5. The largest absolute Gasteiger partial charge is 0.339 e. The first kappa shape index (κ1) is 17.1. The number of carbonyl (C=O) groups is 2. The summed E-state index contributed by atoms with van der Waals surface area (Å²) >= 11 is 0. The zero-order valence-electron chi connectivity index (χ0n) is 13.9. The van der Waals surface area contributed by atoms with Gasteiger partial charge in [-0.15, -0.1) is 0 Å². The lowest BCUT2D eigenvalue weighted by Gasteiger charge is -2.30. The van der Waals surface area contributed by atoms with E-state index in [9.17, 15) is 14.0 Å². The zero-order chi connectivity index (χ0) is 17.6. The van der Waals surface area contributed by atoms with Crippen molar-refractivity contribution in [2.45, 2.75) is 12.8 Å². The number of carbonyl (C=O) groups excluding carboxylic acids is 2. The van der Waals surface area contributed by atoms with E-state index in [1.165, 1.54) is 18.2 Å². The SMILES string of the molecule is O=C(c1ccccc1)C1CCN(C(=O)C=Cc2cccc(F)c2)CC1. The molecule has 0 aromatic heterocycles. The first-order chi connectivity index (χ1) is 12.1. The first-order valence-electron chi connectivity index (χ1n) is 8.45. The first-order valence-corrected chi connectivity index (χ1v) is 8.45. The predicted molar refractivity (Wildman–Crippen MR) is 95.5 cm³/mol. The Morgan fingerprint density at radius 1 is 1.00 bits per heavy atom. The average Bonchev–Trinajstić information content (AvgIpc) is 2.66. The molecule has 4 heteroatoms. The summed E-state index contributed by atoms with van der Waals surface area (Å²) in [5, 5.41) is 0. The second-order valence-corrected chi connectivity index (χ2v) is 6.22. The smallest absolute Gasteiger partial charge is 0.246 e. The van der Waals surface area contributed by atoms with E-state index in [-0.39, 0.29) is 23.4 Å². The Morgan fingerprint density at radius 2 is 1.72 bits per heavy atom. The lowest BCUT2D eigenvalue weighted by Crippen LogP contribution is -2.39. The third-order valence-corrected chi connectivity index (χ3v) is 4.50. The topological polar surface area (TPSA) is 37.4 Å². The van der Waals surface area contributed by atoms with E-state index in [1.807, 2.05) is 30.3 Å². The summed E-state index contributed by atoms with van der Waals surface area (Å²) in [6.45, 7) is 1.13. The van der Waals surface area contributed by atoms with Crippen molar-refractivity contribution in [2.75, 3.05) is 13.1 Å². The van der Waals surface area contributed by atoms with Gasteiger partial charge in [-0.3, -0.25) is 9.59 Å². The number of amides is 1. The number of rotatable bonds is 4. The highest BCUT2D eigenvalue weighted by molar-refractivity contribution is 5.98. The minimum Gasteiger partial charge on any atom is -0.339 e. The molecule has 0 bridgehead atoms. The van der Waals surface area contributed by atoms with Crippen molar-refractivity contribution >= 4 is 17.8 Å². The fraction of sp³-hybridized carbons (Fsp3) is 0.238. The van der Waals surface area contributed by atoms with E-state index in [2.05, 4.69) is 0 Å². The second kappa shape index (κ2) is 7.88. The fourth-order valence-corrected chi connectivity index (χ4v) is 3.08. The molecule has 0 N–H and O–H groups in total. The van der Waals surface area contributed by atoms with E-state index in [4.69, 9.17) is 0 Å². The molecule has 1 heterocycles. The van der Waals surface area contributed by atoms with Gasteiger partial charge in [0.05, 0.1) is 0 Å². The molecular formula is C21H20FNO2. The van der Waals surface area contributed by atoms with Crippen LogP contribution in [0.15, 0.2) is 60.7 Å². The number of benzene rings is 2. The van der Waals surface area contributed by atoms with Gasteiger partial charge in [-0.2, -0.15) is 0 Å². The minimum atomic E-state index is -0.324. The van der Waals surface area contributed by atoms with Gasteiger partial charge in [-0.25, -0.2) is 4.39 Å². The van der Waals surface area contributed by atoms with Gasteiger partial charge in [0.1, 0.15) is 5.82 Å². The number of halogens is 1. The molecule has 25 heavy (non-hydrogen) atoms. The van der Waals surface area contributed by atoms with Crippen LogP contribution >= 0.6 is 0 Å². The third kappa shape index (κ3) is 4.41. The van der Waals surface area contributed by atoms with Gasteiger partial charge in [-0.05, 0) is 36.6 Å². The van der Waals surface area contributed by atoms with Crippen LogP contribution in [0, 0.1) is 11.7 Å². The Hall–Kier alpha value is -2.75. The fourth-order valence-electron chi connectivity index (χ4n) is 3.08. The van der Waals surface area contributed by atoms with Gasteiger partial charge < -0.3 is 4.90 Å². The van der Waals surface area contributed by atoms with Crippen molar-refractivity contribution in [3.8, 4) is 0 Å². The number of hydrogen-bond acceptors (Lipinski definition) is 2. The van der Waals surface area contributed by atoms with Crippen LogP contribution in [0.1, 0.15) is 28.8 Å². The summed E-state index contributed by atoms with van der Waals surface area (Å²) < 4.78 is 13.1. The highest BCUT2D eigenvalue weighted by Gasteiger charge is 2.27. The maximum Gasteiger partial charge on any atom is 0.246 e. The standard InChI is InChI=1S/C21H20FNO2/c22-19-8-4-5-16(15-19)9-10-20(24)23-13-11-18(12-14-23)21(25)17-6-2-1-3-7-17/h1-10,15,18H,11-14H2. The lowest BCUT2D eigenvalue weighted by molar-refractivity contribution is -0.127. The second-order valence-electron chi connectivity index (χ2n) is 6.22. The molecule has 0 atom stereocenters. The number of ketones is 1. The Kier molecular flexibility index (Phi) is 5.39. The maximum atomic E-state index is 13.1. The van der Waals surface area contributed by atoms with Gasteiger partial charge in [0, 0.05) is 30.6 Å². The van der Waals surface area contributed by atoms with Crippen LogP contribution in [0.25, 0.3) is 6.08 Å². The number of Topliss-reactive ketones (excluding diaryl/α,β-unsaturated/α-hetero) is 1. The Balaban J connectivity index is 1.55. The van der Waals surface area contributed by atoms with Gasteiger partial charge in [-0.1, -0.05) is 42.5 Å². The lowest BCUT2D eigenvalue weighted by atomic mass is 9.89. The van der Waals surface area contributed by atoms with Crippen LogP contribution in [0.2, 0.25) is 0 Å². The van der Waals surface area contributed by atoms with Crippen molar-refractivity contribution in [3.63, 3.8) is 0 Å². The van der Waals surface area contributed by atoms with E-state index in [0.717, 1.165) is 5.56 Å². The molecular weight excluding hydrogens is 317 g/mol. The maximum absolute atomic E-state index is 13.1. The number of hydrogen-bond donors (Lipinski definition) is 0. The quantitative estimate of drug-likeness (QED) is 0.625. The van der Waals surface area contributed by atoms with Crippen molar-refractivity contribution in [1.82, 2.24) is 4.90 Å². The Morgan fingerprint density at radius 3 is 2.40 bits per heavy atom. The molecule has 3 nitrogen and oxygen atoms in total. The molecule has 0 saturated carbocycles. The van der Waals surface area contributed by atoms with Crippen LogP contribution in [0.3, 0.4) is 0 Å². The Bertz CT molecular complexity index is 777. The molecule has 0 spiro atoms. The predicted octanol–water partition coefficient (Wildman–Crippen LogP) is 3.96. The van der Waals surface area contributed by atoms with Crippen molar-refractivity contribution in [1.29, 1.82) is 0 Å². The molecule has 128 valence electrons. The van der Waals surface area contributed by atoms with Crippen LogP contribution in [-0.4, -0.2) is 29.7 Å². The molecule has 1 aliphatic rings.